The topological polar surface area (TPSA) is 82.8 Å². The zero-order valence-electron chi connectivity index (χ0n) is 10.3. The molecule has 0 N–H and O–H groups in total. The lowest BCUT2D eigenvalue weighted by molar-refractivity contribution is -0.145. The summed E-state index contributed by atoms with van der Waals surface area (Å²) in [4.78, 5) is 34.9. The molecule has 1 aromatic carbocycles. The Morgan fingerprint density at radius 2 is 2.05 bits per heavy atom. The van der Waals surface area contributed by atoms with Gasteiger partial charge in [0.05, 0.1) is 6.61 Å². The lowest BCUT2D eigenvalue weighted by Gasteiger charge is -2.07. The number of benzene rings is 1. The Balaban J connectivity index is 1.93. The van der Waals surface area contributed by atoms with Crippen molar-refractivity contribution < 1.29 is 23.5 Å². The highest BCUT2D eigenvalue weighted by molar-refractivity contribution is 5.94. The molecule has 0 aliphatic carbocycles. The van der Waals surface area contributed by atoms with E-state index in [1.807, 2.05) is 0 Å². The predicted octanol–water partition coefficient (Wildman–Crippen LogP) is 1.27. The van der Waals surface area contributed by atoms with Crippen molar-refractivity contribution in [2.24, 2.45) is 0 Å². The number of carbonyl (C=O) groups excluding carboxylic acids is 2. The number of ether oxygens (including phenoxy) is 2. The summed E-state index contributed by atoms with van der Waals surface area (Å²) < 4.78 is 14.7. The van der Waals surface area contributed by atoms with E-state index in [1.165, 1.54) is 6.07 Å². The number of hydrogen-bond acceptors (Lipinski definition) is 6. The van der Waals surface area contributed by atoms with Crippen LogP contribution in [0.2, 0.25) is 0 Å². The Morgan fingerprint density at radius 1 is 1.25 bits per heavy atom. The second-order valence-electron chi connectivity index (χ2n) is 4.34. The lowest BCUT2D eigenvalue weighted by Crippen LogP contribution is -2.25. The Morgan fingerprint density at radius 3 is 2.80 bits per heavy atom. The lowest BCUT2D eigenvalue weighted by atomic mass is 10.2. The molecule has 2 heterocycles. The van der Waals surface area contributed by atoms with Gasteiger partial charge in [0.1, 0.15) is 11.1 Å². The molecule has 0 bridgehead atoms. The van der Waals surface area contributed by atoms with Gasteiger partial charge in [-0.25, -0.2) is 14.4 Å². The number of hydrogen-bond donors (Lipinski definition) is 0. The van der Waals surface area contributed by atoms with Crippen LogP contribution in [0.25, 0.3) is 11.0 Å². The second-order valence-corrected chi connectivity index (χ2v) is 4.34. The van der Waals surface area contributed by atoms with Crippen LogP contribution in [0.5, 0.6) is 0 Å². The van der Waals surface area contributed by atoms with E-state index in [4.69, 9.17) is 9.15 Å². The number of esters is 2. The first kappa shape index (κ1) is 12.4. The standard InChI is InChI=1S/C14H10O6/c15-12-9(7-8-3-1-2-4-10(8)19-12)13(16)20-11-5-6-18-14(11)17/h1-4,7,11H,5-6H2/t11-/m1/s1. The van der Waals surface area contributed by atoms with Crippen LogP contribution in [-0.2, 0) is 14.3 Å². The maximum absolute atomic E-state index is 11.9. The van der Waals surface area contributed by atoms with E-state index < -0.39 is 23.7 Å². The molecule has 1 fully saturated rings. The predicted molar refractivity (Wildman–Crippen MR) is 67.3 cm³/mol. The summed E-state index contributed by atoms with van der Waals surface area (Å²) in [5, 5.41) is 0.605. The zero-order chi connectivity index (χ0) is 14.1. The number of fused-ring (bicyclic) bond motifs is 1. The van der Waals surface area contributed by atoms with Crippen molar-refractivity contribution in [3.8, 4) is 0 Å². The van der Waals surface area contributed by atoms with Gasteiger partial charge in [-0.05, 0) is 12.1 Å². The summed E-state index contributed by atoms with van der Waals surface area (Å²) in [5.41, 5.74) is -0.641. The normalized spacial score (nSPS) is 18.0. The number of rotatable bonds is 2. The van der Waals surface area contributed by atoms with Crippen LogP contribution >= 0.6 is 0 Å². The summed E-state index contributed by atoms with van der Waals surface area (Å²) in [5.74, 6) is -1.48. The molecule has 102 valence electrons. The van der Waals surface area contributed by atoms with Crippen molar-refractivity contribution in [3.05, 3.63) is 46.3 Å². The van der Waals surface area contributed by atoms with Gasteiger partial charge in [-0.2, -0.15) is 0 Å². The molecule has 2 aromatic rings. The van der Waals surface area contributed by atoms with Crippen molar-refractivity contribution in [2.75, 3.05) is 6.61 Å². The quantitative estimate of drug-likeness (QED) is 0.605. The monoisotopic (exact) mass is 274 g/mol. The third-order valence-electron chi connectivity index (χ3n) is 3.00. The molecule has 0 unspecified atom stereocenters. The molecule has 3 rings (SSSR count). The van der Waals surface area contributed by atoms with Crippen molar-refractivity contribution in [2.45, 2.75) is 12.5 Å². The summed E-state index contributed by atoms with van der Waals surface area (Å²) in [6.07, 6.45) is -0.655. The number of cyclic esters (lactones) is 1. The molecule has 1 atom stereocenters. The van der Waals surface area contributed by atoms with Crippen LogP contribution in [0.15, 0.2) is 39.5 Å². The molecular weight excluding hydrogens is 264 g/mol. The van der Waals surface area contributed by atoms with Crippen molar-refractivity contribution in [1.29, 1.82) is 0 Å². The molecule has 0 saturated carbocycles. The Labute approximate surface area is 112 Å². The minimum absolute atomic E-state index is 0.211. The van der Waals surface area contributed by atoms with Crippen LogP contribution < -0.4 is 5.63 Å². The maximum atomic E-state index is 11.9. The van der Waals surface area contributed by atoms with Gasteiger partial charge in [0, 0.05) is 11.8 Å². The molecule has 1 aliphatic rings. The molecule has 0 amide bonds. The van der Waals surface area contributed by atoms with E-state index in [0.29, 0.717) is 17.4 Å². The van der Waals surface area contributed by atoms with Crippen LogP contribution in [0, 0.1) is 0 Å². The van der Waals surface area contributed by atoms with Crippen molar-refractivity contribution in [3.63, 3.8) is 0 Å². The first-order chi connectivity index (χ1) is 9.65. The van der Waals surface area contributed by atoms with Crippen LogP contribution in [0.1, 0.15) is 16.8 Å². The fourth-order valence-corrected chi connectivity index (χ4v) is 1.98. The minimum Gasteiger partial charge on any atom is -0.463 e. The molecular formula is C14H10O6. The van der Waals surface area contributed by atoms with E-state index in [0.717, 1.165) is 0 Å². The fourth-order valence-electron chi connectivity index (χ4n) is 1.98. The van der Waals surface area contributed by atoms with Gasteiger partial charge in [-0.1, -0.05) is 18.2 Å². The summed E-state index contributed by atoms with van der Waals surface area (Å²) in [6, 6.07) is 8.20. The SMILES string of the molecule is O=C(O[C@@H]1CCOC1=O)c1cc2ccccc2oc1=O. The van der Waals surface area contributed by atoms with Gasteiger partial charge in [0.25, 0.3) is 0 Å². The molecule has 1 aromatic heterocycles. The zero-order valence-corrected chi connectivity index (χ0v) is 10.3. The largest absolute Gasteiger partial charge is 0.463 e. The fraction of sp³-hybridized carbons (Fsp3) is 0.214. The summed E-state index contributed by atoms with van der Waals surface area (Å²) in [6.45, 7) is 0.211. The van der Waals surface area contributed by atoms with E-state index in [9.17, 15) is 14.4 Å². The van der Waals surface area contributed by atoms with Gasteiger partial charge < -0.3 is 13.9 Å². The smallest absolute Gasteiger partial charge is 0.351 e. The van der Waals surface area contributed by atoms with E-state index in [1.54, 1.807) is 24.3 Å². The van der Waals surface area contributed by atoms with E-state index in [-0.39, 0.29) is 12.2 Å². The Kier molecular flexibility index (Phi) is 2.98. The van der Waals surface area contributed by atoms with Gasteiger partial charge in [-0.15, -0.1) is 0 Å². The molecule has 20 heavy (non-hydrogen) atoms. The Hall–Kier alpha value is -2.63. The van der Waals surface area contributed by atoms with Crippen LogP contribution in [0.4, 0.5) is 0 Å². The first-order valence-electron chi connectivity index (χ1n) is 6.05. The molecule has 1 saturated heterocycles. The Bertz CT molecular complexity index is 745. The van der Waals surface area contributed by atoms with E-state index in [2.05, 4.69) is 4.74 Å². The number of para-hydroxylation sites is 1. The summed E-state index contributed by atoms with van der Waals surface area (Å²) in [7, 11) is 0. The van der Waals surface area contributed by atoms with Crippen LogP contribution in [0.3, 0.4) is 0 Å². The third kappa shape index (κ3) is 2.16. The molecule has 0 spiro atoms. The van der Waals surface area contributed by atoms with Crippen LogP contribution in [-0.4, -0.2) is 24.6 Å². The average molecular weight is 274 g/mol. The highest BCUT2D eigenvalue weighted by Crippen LogP contribution is 2.15. The molecule has 6 nitrogen and oxygen atoms in total. The molecule has 0 radical (unpaired) electrons. The summed E-state index contributed by atoms with van der Waals surface area (Å²) >= 11 is 0. The molecule has 1 aliphatic heterocycles. The van der Waals surface area contributed by atoms with Crippen molar-refractivity contribution in [1.82, 2.24) is 0 Å². The van der Waals surface area contributed by atoms with Gasteiger partial charge in [0.2, 0.25) is 6.10 Å². The first-order valence-corrected chi connectivity index (χ1v) is 6.05. The second kappa shape index (κ2) is 4.80. The van der Waals surface area contributed by atoms with Gasteiger partial charge in [0.15, 0.2) is 0 Å². The average Bonchev–Trinajstić information content (AvgIpc) is 2.83. The van der Waals surface area contributed by atoms with Gasteiger partial charge in [-0.3, -0.25) is 0 Å². The van der Waals surface area contributed by atoms with Crippen molar-refractivity contribution >= 4 is 22.9 Å². The molecule has 6 heteroatoms. The minimum atomic E-state index is -0.951. The highest BCUT2D eigenvalue weighted by Gasteiger charge is 2.31. The number of carbonyl (C=O) groups is 2. The van der Waals surface area contributed by atoms with Gasteiger partial charge >= 0.3 is 17.6 Å². The maximum Gasteiger partial charge on any atom is 0.351 e. The highest BCUT2D eigenvalue weighted by atomic mass is 16.6. The third-order valence-corrected chi connectivity index (χ3v) is 3.00. The van der Waals surface area contributed by atoms with E-state index >= 15 is 0 Å².